The smallest absolute Gasteiger partial charge is 0.181 e. The van der Waals surface area contributed by atoms with Crippen molar-refractivity contribution < 1.29 is 9.15 Å². The van der Waals surface area contributed by atoms with Gasteiger partial charge in [-0.2, -0.15) is 5.26 Å². The Morgan fingerprint density at radius 1 is 1.21 bits per heavy atom. The molecule has 0 bridgehead atoms. The van der Waals surface area contributed by atoms with Gasteiger partial charge in [0, 0.05) is 17.6 Å². The largest absolute Gasteiger partial charge is 0.495 e. The summed E-state index contributed by atoms with van der Waals surface area (Å²) in [7, 11) is 1.58. The molecule has 7 heteroatoms. The van der Waals surface area contributed by atoms with E-state index in [2.05, 4.69) is 21.4 Å². The molecule has 0 saturated carbocycles. The number of hydrogen-bond donors (Lipinski definition) is 1. The van der Waals surface area contributed by atoms with Crippen molar-refractivity contribution in [3.63, 3.8) is 0 Å². The summed E-state index contributed by atoms with van der Waals surface area (Å²) in [4.78, 5) is 8.58. The van der Waals surface area contributed by atoms with Crippen LogP contribution >= 0.6 is 11.6 Å². The summed E-state index contributed by atoms with van der Waals surface area (Å²) in [6.45, 7) is 0.537. The standard InChI is InChI=1S/C21H15ClN4O2/c1-27-20-5-3-14(7-16(20)22)10-25-18-8-19(21-11-24-12-28-21)26-17-4-2-13(9-23)6-15(17)18/h2-8,11-12H,10H2,1H3,(H,25,26). The van der Waals surface area contributed by atoms with Gasteiger partial charge in [-0.15, -0.1) is 0 Å². The second kappa shape index (κ2) is 7.59. The minimum absolute atomic E-state index is 0.537. The number of nitriles is 1. The Morgan fingerprint density at radius 2 is 2.11 bits per heavy atom. The van der Waals surface area contributed by atoms with E-state index in [-0.39, 0.29) is 0 Å². The number of nitrogens with zero attached hydrogens (tertiary/aromatic N) is 3. The zero-order valence-corrected chi connectivity index (χ0v) is 15.7. The Balaban J connectivity index is 1.73. The van der Waals surface area contributed by atoms with Crippen molar-refractivity contribution in [2.24, 2.45) is 0 Å². The molecule has 0 radical (unpaired) electrons. The van der Waals surface area contributed by atoms with Gasteiger partial charge in [-0.3, -0.25) is 0 Å². The van der Waals surface area contributed by atoms with Crippen LogP contribution in [0.5, 0.6) is 5.75 Å². The Morgan fingerprint density at radius 3 is 2.82 bits per heavy atom. The lowest BCUT2D eigenvalue weighted by molar-refractivity contribution is 0.415. The van der Waals surface area contributed by atoms with Gasteiger partial charge in [-0.25, -0.2) is 9.97 Å². The van der Waals surface area contributed by atoms with E-state index in [9.17, 15) is 5.26 Å². The number of fused-ring (bicyclic) bond motifs is 1. The fourth-order valence-electron chi connectivity index (χ4n) is 2.93. The van der Waals surface area contributed by atoms with Crippen LogP contribution in [0, 0.1) is 11.3 Å². The first-order valence-electron chi connectivity index (χ1n) is 8.48. The van der Waals surface area contributed by atoms with Gasteiger partial charge in [0.05, 0.1) is 35.5 Å². The molecular formula is C21H15ClN4O2. The monoisotopic (exact) mass is 390 g/mol. The summed E-state index contributed by atoms with van der Waals surface area (Å²) in [6, 6.07) is 15.1. The predicted molar refractivity (Wildman–Crippen MR) is 107 cm³/mol. The summed E-state index contributed by atoms with van der Waals surface area (Å²) >= 11 is 6.22. The molecule has 138 valence electrons. The lowest BCUT2D eigenvalue weighted by Gasteiger charge is -2.12. The van der Waals surface area contributed by atoms with E-state index in [4.69, 9.17) is 20.8 Å². The molecule has 0 fully saturated rings. The van der Waals surface area contributed by atoms with Crippen molar-refractivity contribution in [2.45, 2.75) is 6.54 Å². The topological polar surface area (TPSA) is 84.0 Å². The van der Waals surface area contributed by atoms with E-state index < -0.39 is 0 Å². The maximum absolute atomic E-state index is 9.24. The lowest BCUT2D eigenvalue weighted by Crippen LogP contribution is -2.02. The van der Waals surface area contributed by atoms with Gasteiger partial charge >= 0.3 is 0 Å². The summed E-state index contributed by atoms with van der Waals surface area (Å²) in [5.74, 6) is 1.20. The van der Waals surface area contributed by atoms with Crippen molar-refractivity contribution in [3.05, 3.63) is 71.2 Å². The van der Waals surface area contributed by atoms with Crippen LogP contribution in [0.2, 0.25) is 5.02 Å². The van der Waals surface area contributed by atoms with Crippen molar-refractivity contribution in [3.8, 4) is 23.3 Å². The van der Waals surface area contributed by atoms with Gasteiger partial charge in [0.25, 0.3) is 0 Å². The summed E-state index contributed by atoms with van der Waals surface area (Å²) in [5, 5.41) is 14.1. The SMILES string of the molecule is COc1ccc(CNc2cc(-c3cnco3)nc3ccc(C#N)cc23)cc1Cl. The third kappa shape index (κ3) is 3.48. The molecule has 4 aromatic rings. The van der Waals surface area contributed by atoms with Crippen LogP contribution in [-0.4, -0.2) is 17.1 Å². The van der Waals surface area contributed by atoms with Crippen LogP contribution in [0.25, 0.3) is 22.4 Å². The number of methoxy groups -OCH3 is 1. The number of ether oxygens (including phenoxy) is 1. The average Bonchev–Trinajstić information content (AvgIpc) is 3.26. The number of benzene rings is 2. The van der Waals surface area contributed by atoms with Gasteiger partial charge in [-0.05, 0) is 42.0 Å². The van der Waals surface area contributed by atoms with Crippen molar-refractivity contribution in [2.75, 3.05) is 12.4 Å². The molecule has 0 unspecified atom stereocenters. The number of rotatable bonds is 5. The highest BCUT2D eigenvalue weighted by Crippen LogP contribution is 2.30. The molecule has 28 heavy (non-hydrogen) atoms. The van der Waals surface area contributed by atoms with Crippen LogP contribution in [0.15, 0.2) is 59.5 Å². The third-order valence-electron chi connectivity index (χ3n) is 4.32. The predicted octanol–water partition coefficient (Wildman–Crippen LogP) is 5.04. The highest BCUT2D eigenvalue weighted by atomic mass is 35.5. The molecular weight excluding hydrogens is 376 g/mol. The van der Waals surface area contributed by atoms with E-state index in [0.717, 1.165) is 22.2 Å². The van der Waals surface area contributed by atoms with Gasteiger partial charge in [0.15, 0.2) is 12.2 Å². The Hall–Kier alpha value is -3.56. The zero-order chi connectivity index (χ0) is 19.5. The quantitative estimate of drug-likeness (QED) is 0.514. The summed E-state index contributed by atoms with van der Waals surface area (Å²) in [5.41, 5.74) is 3.80. The first-order chi connectivity index (χ1) is 13.7. The molecule has 2 aromatic carbocycles. The molecule has 0 aliphatic rings. The van der Waals surface area contributed by atoms with E-state index >= 15 is 0 Å². The molecule has 4 rings (SSSR count). The molecule has 6 nitrogen and oxygen atoms in total. The average molecular weight is 391 g/mol. The van der Waals surface area contributed by atoms with Crippen LogP contribution < -0.4 is 10.1 Å². The second-order valence-corrected chi connectivity index (χ2v) is 6.49. The zero-order valence-electron chi connectivity index (χ0n) is 14.9. The van der Waals surface area contributed by atoms with E-state index in [1.807, 2.05) is 36.4 Å². The van der Waals surface area contributed by atoms with Crippen LogP contribution in [0.4, 0.5) is 5.69 Å². The number of anilines is 1. The highest BCUT2D eigenvalue weighted by Gasteiger charge is 2.11. The molecule has 1 N–H and O–H groups in total. The number of hydrogen-bond acceptors (Lipinski definition) is 6. The summed E-state index contributed by atoms with van der Waals surface area (Å²) in [6.07, 6.45) is 2.98. The van der Waals surface area contributed by atoms with E-state index in [0.29, 0.717) is 34.3 Å². The molecule has 0 saturated heterocycles. The fourth-order valence-corrected chi connectivity index (χ4v) is 3.21. The Bertz CT molecular complexity index is 1180. The maximum Gasteiger partial charge on any atom is 0.181 e. The maximum atomic E-state index is 9.24. The number of halogens is 1. The molecule has 0 atom stereocenters. The minimum atomic E-state index is 0.537. The fraction of sp³-hybridized carbons (Fsp3) is 0.0952. The Labute approximate surface area is 166 Å². The minimum Gasteiger partial charge on any atom is -0.495 e. The van der Waals surface area contributed by atoms with Crippen LogP contribution in [0.3, 0.4) is 0 Å². The van der Waals surface area contributed by atoms with Crippen LogP contribution in [-0.2, 0) is 6.54 Å². The second-order valence-electron chi connectivity index (χ2n) is 6.09. The normalized spacial score (nSPS) is 10.6. The molecule has 2 aromatic heterocycles. The van der Waals surface area contributed by atoms with Crippen molar-refractivity contribution in [1.82, 2.24) is 9.97 Å². The first-order valence-corrected chi connectivity index (χ1v) is 8.86. The number of pyridine rings is 1. The van der Waals surface area contributed by atoms with Gasteiger partial charge in [0.2, 0.25) is 0 Å². The number of nitrogens with one attached hydrogen (secondary N) is 1. The Kier molecular flexibility index (Phi) is 4.83. The lowest BCUT2D eigenvalue weighted by atomic mass is 10.1. The molecule has 0 spiro atoms. The van der Waals surface area contributed by atoms with Crippen molar-refractivity contribution >= 4 is 28.2 Å². The van der Waals surface area contributed by atoms with Gasteiger partial charge < -0.3 is 14.5 Å². The molecule has 0 aliphatic heterocycles. The number of oxazole rings is 1. The first kappa shape index (κ1) is 17.8. The van der Waals surface area contributed by atoms with Crippen LogP contribution in [0.1, 0.15) is 11.1 Å². The molecule has 0 aliphatic carbocycles. The molecule has 2 heterocycles. The van der Waals surface area contributed by atoms with Crippen molar-refractivity contribution in [1.29, 1.82) is 5.26 Å². The third-order valence-corrected chi connectivity index (χ3v) is 4.62. The molecule has 0 amide bonds. The summed E-state index contributed by atoms with van der Waals surface area (Å²) < 4.78 is 10.6. The highest BCUT2D eigenvalue weighted by molar-refractivity contribution is 6.32. The number of aromatic nitrogens is 2. The van der Waals surface area contributed by atoms with Gasteiger partial charge in [0.1, 0.15) is 11.4 Å². The van der Waals surface area contributed by atoms with Gasteiger partial charge in [-0.1, -0.05) is 17.7 Å². The van der Waals surface area contributed by atoms with E-state index in [1.54, 1.807) is 19.4 Å². The van der Waals surface area contributed by atoms with E-state index in [1.165, 1.54) is 6.39 Å².